The van der Waals surface area contributed by atoms with Crippen molar-refractivity contribution >= 4 is 34.1 Å². The van der Waals surface area contributed by atoms with Crippen LogP contribution in [-0.2, 0) is 0 Å². The van der Waals surface area contributed by atoms with E-state index in [-0.39, 0.29) is 0 Å². The molecule has 0 radical (unpaired) electrons. The summed E-state index contributed by atoms with van der Waals surface area (Å²) >= 11 is 0. The molecule has 0 unspecified atom stereocenters. The summed E-state index contributed by atoms with van der Waals surface area (Å²) in [5, 5.41) is 10.1. The molecule has 40 heavy (non-hydrogen) atoms. The number of para-hydroxylation sites is 5. The Balaban J connectivity index is 1.73. The molecule has 0 aliphatic rings. The van der Waals surface area contributed by atoms with Gasteiger partial charge in [-0.25, -0.2) is 0 Å². The van der Waals surface area contributed by atoms with Crippen LogP contribution in [0.5, 0.6) is 0 Å². The second-order valence-electron chi connectivity index (χ2n) is 9.34. The molecule has 6 aromatic rings. The van der Waals surface area contributed by atoms with Crippen LogP contribution >= 0.6 is 0 Å². The van der Waals surface area contributed by atoms with Gasteiger partial charge in [0, 0.05) is 33.9 Å². The van der Waals surface area contributed by atoms with E-state index in [1.807, 2.05) is 48.5 Å². The lowest BCUT2D eigenvalue weighted by atomic mass is 9.95. The molecule has 0 fully saturated rings. The topological polar surface area (TPSA) is 30.3 Å². The predicted octanol–water partition coefficient (Wildman–Crippen LogP) is 10.2. The summed E-state index contributed by atoms with van der Waals surface area (Å²) in [6, 6.07) is 58.2. The maximum atomic E-state index is 10.1. The van der Waals surface area contributed by atoms with E-state index in [4.69, 9.17) is 0 Å². The molecule has 0 amide bonds. The molecular formula is C37H27N3. The van der Waals surface area contributed by atoms with E-state index >= 15 is 0 Å². The van der Waals surface area contributed by atoms with Gasteiger partial charge in [-0.1, -0.05) is 103 Å². The van der Waals surface area contributed by atoms with E-state index in [0.717, 1.165) is 45.3 Å². The zero-order valence-corrected chi connectivity index (χ0v) is 21.9. The Bertz CT molecular complexity index is 1660. The Morgan fingerprint density at radius 2 is 0.775 bits per heavy atom. The zero-order valence-electron chi connectivity index (χ0n) is 21.9. The molecule has 0 N–H and O–H groups in total. The van der Waals surface area contributed by atoms with Crippen molar-refractivity contribution in [3.8, 4) is 17.2 Å². The summed E-state index contributed by atoms with van der Waals surface area (Å²) in [6.45, 7) is 0. The van der Waals surface area contributed by atoms with Crippen LogP contribution in [0.1, 0.15) is 5.56 Å². The maximum Gasteiger partial charge on any atom is 0.0998 e. The van der Waals surface area contributed by atoms with Gasteiger partial charge in [0.2, 0.25) is 0 Å². The Hall–Kier alpha value is -5.59. The molecule has 0 spiro atoms. The van der Waals surface area contributed by atoms with E-state index in [9.17, 15) is 5.26 Å². The molecule has 6 aromatic carbocycles. The summed E-state index contributed by atoms with van der Waals surface area (Å²) in [4.78, 5) is 4.57. The Morgan fingerprint density at radius 3 is 1.25 bits per heavy atom. The molecule has 0 aliphatic carbocycles. The minimum absolute atomic E-state index is 0.632. The number of benzene rings is 6. The third-order valence-corrected chi connectivity index (χ3v) is 6.87. The van der Waals surface area contributed by atoms with Crippen molar-refractivity contribution in [2.75, 3.05) is 9.80 Å². The van der Waals surface area contributed by atoms with Crippen molar-refractivity contribution in [3.05, 3.63) is 169 Å². The van der Waals surface area contributed by atoms with Gasteiger partial charge in [-0.3, -0.25) is 0 Å². The molecule has 6 rings (SSSR count). The first-order valence-corrected chi connectivity index (χ1v) is 13.3. The van der Waals surface area contributed by atoms with Gasteiger partial charge in [0.25, 0.3) is 0 Å². The molecule has 0 atom stereocenters. The lowest BCUT2D eigenvalue weighted by Crippen LogP contribution is -2.18. The maximum absolute atomic E-state index is 10.1. The highest BCUT2D eigenvalue weighted by molar-refractivity contribution is 6.00. The number of nitriles is 1. The largest absolute Gasteiger partial charge is 0.308 e. The van der Waals surface area contributed by atoms with Crippen molar-refractivity contribution < 1.29 is 0 Å². The molecule has 190 valence electrons. The van der Waals surface area contributed by atoms with E-state index in [2.05, 4.69) is 131 Å². The molecule has 3 heteroatoms. The lowest BCUT2D eigenvalue weighted by Gasteiger charge is -2.35. The molecule has 0 aliphatic heterocycles. The highest BCUT2D eigenvalue weighted by Crippen LogP contribution is 2.50. The highest BCUT2D eigenvalue weighted by atomic mass is 15.2. The van der Waals surface area contributed by atoms with Crippen LogP contribution in [0.3, 0.4) is 0 Å². The van der Waals surface area contributed by atoms with E-state index < -0.39 is 0 Å². The van der Waals surface area contributed by atoms with Gasteiger partial charge in [0.05, 0.1) is 23.0 Å². The monoisotopic (exact) mass is 513 g/mol. The van der Waals surface area contributed by atoms with Crippen LogP contribution < -0.4 is 9.80 Å². The first-order chi connectivity index (χ1) is 19.8. The van der Waals surface area contributed by atoms with Gasteiger partial charge in [-0.15, -0.1) is 0 Å². The predicted molar refractivity (Wildman–Crippen MR) is 166 cm³/mol. The van der Waals surface area contributed by atoms with Crippen molar-refractivity contribution in [2.24, 2.45) is 0 Å². The molecule has 3 nitrogen and oxygen atoms in total. The fourth-order valence-electron chi connectivity index (χ4n) is 5.12. The Labute approximate surface area is 235 Å². The minimum Gasteiger partial charge on any atom is -0.308 e. The fourth-order valence-corrected chi connectivity index (χ4v) is 5.12. The molecule has 0 heterocycles. The zero-order chi connectivity index (χ0) is 27.1. The van der Waals surface area contributed by atoms with E-state index in [0.29, 0.717) is 5.56 Å². The van der Waals surface area contributed by atoms with Gasteiger partial charge >= 0.3 is 0 Å². The van der Waals surface area contributed by atoms with Gasteiger partial charge in [0.15, 0.2) is 0 Å². The van der Waals surface area contributed by atoms with Gasteiger partial charge in [-0.05, 0) is 60.7 Å². The summed E-state index contributed by atoms with van der Waals surface area (Å²) in [5.41, 5.74) is 8.61. The molecular weight excluding hydrogens is 486 g/mol. The number of nitrogens with zero attached hydrogens (tertiary/aromatic N) is 3. The second-order valence-corrected chi connectivity index (χ2v) is 9.34. The van der Waals surface area contributed by atoms with Crippen molar-refractivity contribution in [1.82, 2.24) is 0 Å². The smallest absolute Gasteiger partial charge is 0.0998 e. The molecule has 0 saturated carbocycles. The van der Waals surface area contributed by atoms with E-state index in [1.165, 1.54) is 0 Å². The van der Waals surface area contributed by atoms with Crippen LogP contribution in [0.25, 0.3) is 11.1 Å². The molecule has 0 saturated heterocycles. The second kappa shape index (κ2) is 11.4. The average molecular weight is 514 g/mol. The standard InChI is InChI=1S/C37H27N3/c38-28-29-16-13-14-25-34(29)35-26-15-27-36(39(30-17-5-1-6-18-30)31-19-7-2-8-20-31)37(35)40(32-21-9-3-10-22-32)33-23-11-4-12-24-33/h1-27H. The summed E-state index contributed by atoms with van der Waals surface area (Å²) in [6.07, 6.45) is 0. The van der Waals surface area contributed by atoms with Crippen LogP contribution in [0, 0.1) is 11.3 Å². The lowest BCUT2D eigenvalue weighted by molar-refractivity contribution is 1.23. The summed E-state index contributed by atoms with van der Waals surface area (Å²) < 4.78 is 0. The highest BCUT2D eigenvalue weighted by Gasteiger charge is 2.26. The SMILES string of the molecule is N#Cc1ccccc1-c1cccc(N(c2ccccc2)c2ccccc2)c1N(c1ccccc1)c1ccccc1. The Morgan fingerprint density at radius 1 is 0.375 bits per heavy atom. The van der Waals surface area contributed by atoms with Crippen LogP contribution in [0.15, 0.2) is 164 Å². The number of hydrogen-bond acceptors (Lipinski definition) is 3. The number of anilines is 6. The minimum atomic E-state index is 0.632. The third-order valence-electron chi connectivity index (χ3n) is 6.87. The van der Waals surface area contributed by atoms with Crippen LogP contribution in [0.2, 0.25) is 0 Å². The Kier molecular flexibility index (Phi) is 7.07. The van der Waals surface area contributed by atoms with Crippen molar-refractivity contribution in [2.45, 2.75) is 0 Å². The molecule has 0 aromatic heterocycles. The number of hydrogen-bond donors (Lipinski definition) is 0. The third kappa shape index (κ3) is 4.82. The average Bonchev–Trinajstić information content (AvgIpc) is 3.04. The first kappa shape index (κ1) is 24.7. The quantitative estimate of drug-likeness (QED) is 0.213. The fraction of sp³-hybridized carbons (Fsp3) is 0. The van der Waals surface area contributed by atoms with Crippen LogP contribution in [0.4, 0.5) is 34.1 Å². The first-order valence-electron chi connectivity index (χ1n) is 13.3. The normalized spacial score (nSPS) is 10.5. The van der Waals surface area contributed by atoms with E-state index in [1.54, 1.807) is 0 Å². The molecule has 0 bridgehead atoms. The van der Waals surface area contributed by atoms with Crippen molar-refractivity contribution in [3.63, 3.8) is 0 Å². The summed E-state index contributed by atoms with van der Waals surface area (Å²) in [7, 11) is 0. The van der Waals surface area contributed by atoms with Gasteiger partial charge in [-0.2, -0.15) is 5.26 Å². The van der Waals surface area contributed by atoms with Gasteiger partial charge < -0.3 is 9.80 Å². The summed E-state index contributed by atoms with van der Waals surface area (Å²) in [5.74, 6) is 0. The number of rotatable bonds is 7. The van der Waals surface area contributed by atoms with Crippen molar-refractivity contribution in [1.29, 1.82) is 5.26 Å². The van der Waals surface area contributed by atoms with Crippen LogP contribution in [-0.4, -0.2) is 0 Å². The van der Waals surface area contributed by atoms with Gasteiger partial charge in [0.1, 0.15) is 0 Å².